The van der Waals surface area contributed by atoms with Crippen LogP contribution in [-0.2, 0) is 0 Å². The number of hydrogen-bond donors (Lipinski definition) is 0. The SMILES string of the molecule is CN1CCCC(n2c(-c3cccnc3)nc3cccnc32)C1. The Kier molecular flexibility index (Phi) is 3.35. The molecule has 0 N–H and O–H groups in total. The van der Waals surface area contributed by atoms with E-state index in [9.17, 15) is 0 Å². The van der Waals surface area contributed by atoms with E-state index in [1.165, 1.54) is 19.4 Å². The molecule has 3 aromatic heterocycles. The zero-order valence-electron chi connectivity index (χ0n) is 12.7. The van der Waals surface area contributed by atoms with Gasteiger partial charge in [0.05, 0.1) is 0 Å². The summed E-state index contributed by atoms with van der Waals surface area (Å²) in [5.74, 6) is 0.974. The fourth-order valence-corrected chi connectivity index (χ4v) is 3.32. The number of nitrogens with zero attached hydrogens (tertiary/aromatic N) is 5. The monoisotopic (exact) mass is 293 g/mol. The Labute approximate surface area is 129 Å². The molecule has 112 valence electrons. The van der Waals surface area contributed by atoms with E-state index in [0.717, 1.165) is 29.1 Å². The molecular weight excluding hydrogens is 274 g/mol. The average Bonchev–Trinajstić information content (AvgIpc) is 2.95. The molecule has 1 aliphatic rings. The van der Waals surface area contributed by atoms with Gasteiger partial charge < -0.3 is 9.47 Å². The number of pyridine rings is 2. The van der Waals surface area contributed by atoms with E-state index in [1.54, 1.807) is 6.20 Å². The molecule has 22 heavy (non-hydrogen) atoms. The zero-order chi connectivity index (χ0) is 14.9. The van der Waals surface area contributed by atoms with Crippen molar-refractivity contribution in [1.29, 1.82) is 0 Å². The zero-order valence-corrected chi connectivity index (χ0v) is 12.7. The van der Waals surface area contributed by atoms with Gasteiger partial charge in [-0.15, -0.1) is 0 Å². The standard InChI is InChI=1S/C17H19N5/c1-21-10-4-6-14(12-21)22-16(13-5-2-8-18-11-13)20-15-7-3-9-19-17(15)22/h2-3,5,7-9,11,14H,4,6,10,12H2,1H3. The van der Waals surface area contributed by atoms with E-state index in [2.05, 4.69) is 32.5 Å². The lowest BCUT2D eigenvalue weighted by molar-refractivity contribution is 0.215. The van der Waals surface area contributed by atoms with Crippen molar-refractivity contribution in [1.82, 2.24) is 24.4 Å². The quantitative estimate of drug-likeness (QED) is 0.729. The molecule has 0 aromatic carbocycles. The second-order valence-corrected chi connectivity index (χ2v) is 5.95. The summed E-state index contributed by atoms with van der Waals surface area (Å²) in [5.41, 5.74) is 2.98. The van der Waals surface area contributed by atoms with Crippen molar-refractivity contribution >= 4 is 11.2 Å². The van der Waals surface area contributed by atoms with E-state index in [1.807, 2.05) is 30.6 Å². The lowest BCUT2D eigenvalue weighted by Crippen LogP contribution is -2.33. The topological polar surface area (TPSA) is 46.8 Å². The Morgan fingerprint density at radius 2 is 2.09 bits per heavy atom. The molecular formula is C17H19N5. The molecule has 1 fully saturated rings. The van der Waals surface area contributed by atoms with Crippen LogP contribution in [0.25, 0.3) is 22.6 Å². The van der Waals surface area contributed by atoms with Crippen LogP contribution in [0, 0.1) is 0 Å². The maximum absolute atomic E-state index is 4.83. The third kappa shape index (κ3) is 2.27. The van der Waals surface area contributed by atoms with E-state index in [-0.39, 0.29) is 0 Å². The number of hydrogen-bond acceptors (Lipinski definition) is 4. The number of aromatic nitrogens is 4. The molecule has 0 radical (unpaired) electrons. The molecule has 5 nitrogen and oxygen atoms in total. The van der Waals surface area contributed by atoms with Gasteiger partial charge in [-0.1, -0.05) is 0 Å². The van der Waals surface area contributed by atoms with Gasteiger partial charge in [-0.2, -0.15) is 0 Å². The van der Waals surface area contributed by atoms with Gasteiger partial charge in [0.15, 0.2) is 5.65 Å². The highest BCUT2D eigenvalue weighted by molar-refractivity contribution is 5.77. The van der Waals surface area contributed by atoms with Gasteiger partial charge in [0, 0.05) is 36.7 Å². The van der Waals surface area contributed by atoms with Crippen LogP contribution in [-0.4, -0.2) is 44.6 Å². The van der Waals surface area contributed by atoms with E-state index >= 15 is 0 Å². The first-order valence-electron chi connectivity index (χ1n) is 7.75. The van der Waals surface area contributed by atoms with Crippen molar-refractivity contribution in [3.8, 4) is 11.4 Å². The maximum atomic E-state index is 4.83. The number of likely N-dealkylation sites (N-methyl/N-ethyl adjacent to an activating group) is 1. The van der Waals surface area contributed by atoms with Crippen LogP contribution in [0.4, 0.5) is 0 Å². The molecule has 1 saturated heterocycles. The summed E-state index contributed by atoms with van der Waals surface area (Å²) in [5, 5.41) is 0. The van der Waals surface area contributed by atoms with Gasteiger partial charge in [-0.05, 0) is 50.7 Å². The van der Waals surface area contributed by atoms with Crippen molar-refractivity contribution in [3.05, 3.63) is 42.9 Å². The number of piperidine rings is 1. The Hall–Kier alpha value is -2.27. The maximum Gasteiger partial charge on any atom is 0.160 e. The first-order chi connectivity index (χ1) is 10.8. The van der Waals surface area contributed by atoms with Gasteiger partial charge in [-0.25, -0.2) is 9.97 Å². The summed E-state index contributed by atoms with van der Waals surface area (Å²) in [6, 6.07) is 8.41. The Bertz CT molecular complexity index is 780. The normalized spacial score (nSPS) is 19.6. The summed E-state index contributed by atoms with van der Waals surface area (Å²) in [6.07, 6.45) is 7.90. The second kappa shape index (κ2) is 5.50. The summed E-state index contributed by atoms with van der Waals surface area (Å²) >= 11 is 0. The lowest BCUT2D eigenvalue weighted by atomic mass is 10.1. The fourth-order valence-electron chi connectivity index (χ4n) is 3.32. The Morgan fingerprint density at radius 3 is 2.91 bits per heavy atom. The molecule has 4 heterocycles. The van der Waals surface area contributed by atoms with E-state index < -0.39 is 0 Å². The number of fused-ring (bicyclic) bond motifs is 1. The summed E-state index contributed by atoms with van der Waals surface area (Å²) < 4.78 is 2.31. The van der Waals surface area contributed by atoms with Crippen LogP contribution in [0.3, 0.4) is 0 Å². The first-order valence-corrected chi connectivity index (χ1v) is 7.75. The Morgan fingerprint density at radius 1 is 1.18 bits per heavy atom. The largest absolute Gasteiger partial charge is 0.304 e. The molecule has 1 aliphatic heterocycles. The minimum atomic E-state index is 0.411. The van der Waals surface area contributed by atoms with Crippen LogP contribution >= 0.6 is 0 Å². The van der Waals surface area contributed by atoms with Crippen molar-refractivity contribution in [2.45, 2.75) is 18.9 Å². The van der Waals surface area contributed by atoms with E-state index in [0.29, 0.717) is 6.04 Å². The van der Waals surface area contributed by atoms with Crippen molar-refractivity contribution in [3.63, 3.8) is 0 Å². The molecule has 5 heteroatoms. The molecule has 3 aromatic rings. The van der Waals surface area contributed by atoms with Crippen LogP contribution < -0.4 is 0 Å². The van der Waals surface area contributed by atoms with Crippen LogP contribution in [0.15, 0.2) is 42.9 Å². The second-order valence-electron chi connectivity index (χ2n) is 5.95. The molecule has 1 unspecified atom stereocenters. The summed E-state index contributed by atoms with van der Waals surface area (Å²) in [6.45, 7) is 2.20. The third-order valence-electron chi connectivity index (χ3n) is 4.33. The summed E-state index contributed by atoms with van der Waals surface area (Å²) in [4.78, 5) is 16.0. The summed E-state index contributed by atoms with van der Waals surface area (Å²) in [7, 11) is 2.18. The highest BCUT2D eigenvalue weighted by atomic mass is 15.2. The highest BCUT2D eigenvalue weighted by Crippen LogP contribution is 2.31. The molecule has 0 spiro atoms. The van der Waals surface area contributed by atoms with Gasteiger partial charge >= 0.3 is 0 Å². The van der Waals surface area contributed by atoms with Crippen LogP contribution in [0.5, 0.6) is 0 Å². The first kappa shape index (κ1) is 13.4. The minimum Gasteiger partial charge on any atom is -0.304 e. The lowest BCUT2D eigenvalue weighted by Gasteiger charge is -2.31. The molecule has 0 bridgehead atoms. The highest BCUT2D eigenvalue weighted by Gasteiger charge is 2.24. The van der Waals surface area contributed by atoms with Crippen molar-refractivity contribution in [2.24, 2.45) is 0 Å². The van der Waals surface area contributed by atoms with Gasteiger partial charge in [0.1, 0.15) is 11.3 Å². The molecule has 0 amide bonds. The number of rotatable bonds is 2. The fraction of sp³-hybridized carbons (Fsp3) is 0.353. The predicted molar refractivity (Wildman–Crippen MR) is 86.5 cm³/mol. The van der Waals surface area contributed by atoms with Crippen molar-refractivity contribution < 1.29 is 0 Å². The van der Waals surface area contributed by atoms with E-state index in [4.69, 9.17) is 4.98 Å². The third-order valence-corrected chi connectivity index (χ3v) is 4.33. The van der Waals surface area contributed by atoms with Crippen molar-refractivity contribution in [2.75, 3.05) is 20.1 Å². The minimum absolute atomic E-state index is 0.411. The molecule has 4 rings (SSSR count). The Balaban J connectivity index is 1.90. The van der Waals surface area contributed by atoms with Crippen LogP contribution in [0.2, 0.25) is 0 Å². The van der Waals surface area contributed by atoms with Gasteiger partial charge in [0.2, 0.25) is 0 Å². The molecule has 0 aliphatic carbocycles. The molecule has 1 atom stereocenters. The van der Waals surface area contributed by atoms with Gasteiger partial charge in [0.25, 0.3) is 0 Å². The predicted octanol–water partition coefficient (Wildman–Crippen LogP) is 2.76. The number of imidazole rings is 1. The smallest absolute Gasteiger partial charge is 0.160 e. The van der Waals surface area contributed by atoms with Crippen LogP contribution in [0.1, 0.15) is 18.9 Å². The average molecular weight is 293 g/mol. The number of likely N-dealkylation sites (tertiary alicyclic amines) is 1. The molecule has 0 saturated carbocycles. The van der Waals surface area contributed by atoms with Gasteiger partial charge in [-0.3, -0.25) is 4.98 Å².